The molecule has 0 unspecified atom stereocenters. The second-order valence-corrected chi connectivity index (χ2v) is 6.50. The average Bonchev–Trinajstić information content (AvgIpc) is 2.69. The van der Waals surface area contributed by atoms with E-state index in [1.807, 2.05) is 0 Å². The summed E-state index contributed by atoms with van der Waals surface area (Å²) in [5.41, 5.74) is 0.740. The van der Waals surface area contributed by atoms with Crippen molar-refractivity contribution in [1.82, 2.24) is 0 Å². The van der Waals surface area contributed by atoms with Gasteiger partial charge < -0.3 is 5.32 Å². The molecule has 88 valence electrons. The summed E-state index contributed by atoms with van der Waals surface area (Å²) >= 11 is 15.0. The van der Waals surface area contributed by atoms with Crippen molar-refractivity contribution in [3.05, 3.63) is 48.1 Å². The van der Waals surface area contributed by atoms with Crippen LogP contribution in [0, 0.1) is 3.57 Å². The van der Waals surface area contributed by atoms with Crippen molar-refractivity contribution in [3.63, 3.8) is 0 Å². The Balaban J connectivity index is 2.18. The smallest absolute Gasteiger partial charge is 0.265 e. The number of halogens is 3. The van der Waals surface area contributed by atoms with Crippen molar-refractivity contribution >= 4 is 68.7 Å². The van der Waals surface area contributed by atoms with Crippen LogP contribution >= 0.6 is 57.1 Å². The summed E-state index contributed by atoms with van der Waals surface area (Å²) in [7, 11) is 0. The number of carbonyl (C=O) groups is 1. The summed E-state index contributed by atoms with van der Waals surface area (Å²) in [5.74, 6) is -0.165. The van der Waals surface area contributed by atoms with Crippen molar-refractivity contribution in [2.24, 2.45) is 0 Å². The lowest BCUT2D eigenvalue weighted by Gasteiger charge is -2.06. The Morgan fingerprint density at radius 3 is 2.59 bits per heavy atom. The molecule has 1 N–H and O–H groups in total. The van der Waals surface area contributed by atoms with Crippen LogP contribution in [0.2, 0.25) is 9.36 Å². The summed E-state index contributed by atoms with van der Waals surface area (Å²) in [6.07, 6.45) is 0. The Bertz CT molecular complexity index is 570. The minimum atomic E-state index is -0.165. The molecule has 2 nitrogen and oxygen atoms in total. The summed E-state index contributed by atoms with van der Waals surface area (Å²) in [6.45, 7) is 0. The van der Waals surface area contributed by atoms with E-state index >= 15 is 0 Å². The SMILES string of the molecule is O=C(Nc1ccc(Cl)cc1I)c1ccc(Cl)s1. The standard InChI is InChI=1S/C11H6Cl2INOS/c12-6-1-2-8(7(14)5-6)15-11(16)9-3-4-10(13)17-9/h1-5H,(H,15,16). The van der Waals surface area contributed by atoms with Gasteiger partial charge in [0.2, 0.25) is 0 Å². The molecule has 1 aromatic carbocycles. The van der Waals surface area contributed by atoms with Crippen molar-refractivity contribution in [2.45, 2.75) is 0 Å². The fourth-order valence-electron chi connectivity index (χ4n) is 1.21. The van der Waals surface area contributed by atoms with Crippen molar-refractivity contribution in [2.75, 3.05) is 5.32 Å². The largest absolute Gasteiger partial charge is 0.320 e. The zero-order valence-corrected chi connectivity index (χ0v) is 12.8. The van der Waals surface area contributed by atoms with Crippen LogP contribution in [-0.2, 0) is 0 Å². The third-order valence-corrected chi connectivity index (χ3v) is 4.33. The number of hydrogen-bond acceptors (Lipinski definition) is 2. The van der Waals surface area contributed by atoms with E-state index in [0.29, 0.717) is 14.2 Å². The Kier molecular flexibility index (Phi) is 4.30. The zero-order chi connectivity index (χ0) is 12.4. The molecule has 0 radical (unpaired) electrons. The number of anilines is 1. The van der Waals surface area contributed by atoms with Gasteiger partial charge in [-0.15, -0.1) is 11.3 Å². The van der Waals surface area contributed by atoms with E-state index < -0.39 is 0 Å². The molecule has 0 saturated heterocycles. The lowest BCUT2D eigenvalue weighted by atomic mass is 10.3. The lowest BCUT2D eigenvalue weighted by molar-refractivity contribution is 0.103. The van der Waals surface area contributed by atoms with Crippen LogP contribution in [0.4, 0.5) is 5.69 Å². The first-order chi connectivity index (χ1) is 8.06. The molecule has 1 heterocycles. The molecule has 0 bridgehead atoms. The highest BCUT2D eigenvalue weighted by molar-refractivity contribution is 14.1. The molecule has 0 aliphatic heterocycles. The van der Waals surface area contributed by atoms with Crippen LogP contribution < -0.4 is 5.32 Å². The predicted molar refractivity (Wildman–Crippen MR) is 81.5 cm³/mol. The molecule has 2 aromatic rings. The third-order valence-electron chi connectivity index (χ3n) is 1.98. The quantitative estimate of drug-likeness (QED) is 0.716. The zero-order valence-electron chi connectivity index (χ0n) is 8.34. The lowest BCUT2D eigenvalue weighted by Crippen LogP contribution is -2.10. The Labute approximate surface area is 126 Å². The summed E-state index contributed by atoms with van der Waals surface area (Å²) in [6, 6.07) is 8.70. The van der Waals surface area contributed by atoms with Gasteiger partial charge in [0.15, 0.2) is 0 Å². The molecular formula is C11H6Cl2INOS. The molecule has 1 amide bonds. The van der Waals surface area contributed by atoms with Crippen molar-refractivity contribution in [3.8, 4) is 0 Å². The fourth-order valence-corrected chi connectivity index (χ4v) is 3.16. The molecular weight excluding hydrogens is 392 g/mol. The van der Waals surface area contributed by atoms with Crippen LogP contribution in [0.25, 0.3) is 0 Å². The highest BCUT2D eigenvalue weighted by atomic mass is 127. The fraction of sp³-hybridized carbons (Fsp3) is 0. The maximum Gasteiger partial charge on any atom is 0.265 e. The van der Waals surface area contributed by atoms with Gasteiger partial charge in [0.1, 0.15) is 0 Å². The van der Waals surface area contributed by atoms with E-state index in [4.69, 9.17) is 23.2 Å². The number of amides is 1. The van der Waals surface area contributed by atoms with Gasteiger partial charge in [0, 0.05) is 8.59 Å². The van der Waals surface area contributed by atoms with E-state index in [2.05, 4.69) is 27.9 Å². The van der Waals surface area contributed by atoms with E-state index in [1.54, 1.807) is 30.3 Å². The van der Waals surface area contributed by atoms with Crippen LogP contribution in [0.3, 0.4) is 0 Å². The van der Waals surface area contributed by atoms with Gasteiger partial charge in [0.05, 0.1) is 14.9 Å². The Morgan fingerprint density at radius 2 is 2.00 bits per heavy atom. The van der Waals surface area contributed by atoms with Crippen LogP contribution in [0.5, 0.6) is 0 Å². The summed E-state index contributed by atoms with van der Waals surface area (Å²) in [5, 5.41) is 3.46. The normalized spacial score (nSPS) is 10.3. The molecule has 17 heavy (non-hydrogen) atoms. The third kappa shape index (κ3) is 3.34. The maximum absolute atomic E-state index is 11.9. The predicted octanol–water partition coefficient (Wildman–Crippen LogP) is 4.91. The number of benzene rings is 1. The van der Waals surface area contributed by atoms with Crippen LogP contribution in [-0.4, -0.2) is 5.91 Å². The Hall–Kier alpha value is -0.300. The molecule has 0 spiro atoms. The number of rotatable bonds is 2. The van der Waals surface area contributed by atoms with Crippen LogP contribution in [0.15, 0.2) is 30.3 Å². The molecule has 0 aliphatic rings. The second-order valence-electron chi connectivity index (χ2n) is 3.18. The number of carbonyl (C=O) groups excluding carboxylic acids is 1. The summed E-state index contributed by atoms with van der Waals surface area (Å²) < 4.78 is 1.49. The number of hydrogen-bond donors (Lipinski definition) is 1. The first kappa shape index (κ1) is 13.1. The molecule has 6 heteroatoms. The maximum atomic E-state index is 11.9. The first-order valence-electron chi connectivity index (χ1n) is 4.58. The second kappa shape index (κ2) is 5.56. The molecule has 0 saturated carbocycles. The average molecular weight is 398 g/mol. The molecule has 0 fully saturated rings. The topological polar surface area (TPSA) is 29.1 Å². The van der Waals surface area contributed by atoms with Gasteiger partial charge in [-0.1, -0.05) is 23.2 Å². The van der Waals surface area contributed by atoms with Crippen LogP contribution in [0.1, 0.15) is 9.67 Å². The highest BCUT2D eigenvalue weighted by Crippen LogP contribution is 2.25. The van der Waals surface area contributed by atoms with Crippen molar-refractivity contribution < 1.29 is 4.79 Å². The van der Waals surface area contributed by atoms with Gasteiger partial charge >= 0.3 is 0 Å². The van der Waals surface area contributed by atoms with Crippen molar-refractivity contribution in [1.29, 1.82) is 0 Å². The van der Waals surface area contributed by atoms with Gasteiger partial charge in [-0.05, 0) is 52.9 Å². The monoisotopic (exact) mass is 397 g/mol. The van der Waals surface area contributed by atoms with E-state index in [9.17, 15) is 4.79 Å². The van der Waals surface area contributed by atoms with Gasteiger partial charge in [-0.3, -0.25) is 4.79 Å². The van der Waals surface area contributed by atoms with Gasteiger partial charge in [-0.25, -0.2) is 0 Å². The molecule has 0 aliphatic carbocycles. The first-order valence-corrected chi connectivity index (χ1v) is 7.23. The minimum absolute atomic E-state index is 0.165. The van der Waals surface area contributed by atoms with Gasteiger partial charge in [-0.2, -0.15) is 0 Å². The molecule has 2 rings (SSSR count). The number of thiophene rings is 1. The van der Waals surface area contributed by atoms with Gasteiger partial charge in [0.25, 0.3) is 5.91 Å². The van der Waals surface area contributed by atoms with E-state index in [1.165, 1.54) is 11.3 Å². The highest BCUT2D eigenvalue weighted by Gasteiger charge is 2.10. The van der Waals surface area contributed by atoms with E-state index in [-0.39, 0.29) is 5.91 Å². The minimum Gasteiger partial charge on any atom is -0.320 e. The van der Waals surface area contributed by atoms with E-state index in [0.717, 1.165) is 9.26 Å². The molecule has 0 atom stereocenters. The molecule has 1 aromatic heterocycles. The number of nitrogens with one attached hydrogen (secondary N) is 1. The summed E-state index contributed by atoms with van der Waals surface area (Å²) in [4.78, 5) is 12.5. The Morgan fingerprint density at radius 1 is 1.24 bits per heavy atom.